The van der Waals surface area contributed by atoms with Crippen LogP contribution in [0.5, 0.6) is 0 Å². The molecule has 0 spiro atoms. The summed E-state index contributed by atoms with van der Waals surface area (Å²) in [4.78, 5) is 16.4. The van der Waals surface area contributed by atoms with Crippen molar-refractivity contribution < 1.29 is 0 Å². The maximum Gasteiger partial charge on any atom is 0.304 e. The molecule has 1 aliphatic heterocycles. The first-order valence-electron chi connectivity index (χ1n) is 6.28. The van der Waals surface area contributed by atoms with Crippen LogP contribution in [0.15, 0.2) is 10.2 Å². The number of nitrogens with one attached hydrogen (secondary N) is 2. The van der Waals surface area contributed by atoms with Gasteiger partial charge in [-0.3, -0.25) is 9.69 Å². The van der Waals surface area contributed by atoms with Gasteiger partial charge in [-0.2, -0.15) is 0 Å². The number of piperidine rings is 1. The van der Waals surface area contributed by atoms with E-state index in [1.807, 2.05) is 5.38 Å². The zero-order valence-corrected chi connectivity index (χ0v) is 11.3. The summed E-state index contributed by atoms with van der Waals surface area (Å²) in [7, 11) is 0. The van der Waals surface area contributed by atoms with Crippen LogP contribution >= 0.6 is 11.3 Å². The Bertz CT molecular complexity index is 398. The number of likely N-dealkylation sites (tertiary alicyclic amines) is 1. The number of rotatable bonds is 4. The predicted molar refractivity (Wildman–Crippen MR) is 71.5 cm³/mol. The van der Waals surface area contributed by atoms with Crippen molar-refractivity contribution in [3.8, 4) is 0 Å². The largest absolute Gasteiger partial charge is 0.315 e. The fourth-order valence-corrected chi connectivity index (χ4v) is 3.01. The second kappa shape index (κ2) is 5.80. The van der Waals surface area contributed by atoms with E-state index in [1.54, 1.807) is 0 Å². The van der Waals surface area contributed by atoms with Gasteiger partial charge in [0.15, 0.2) is 0 Å². The fraction of sp³-hybridized carbons (Fsp3) is 0.750. The fourth-order valence-electron chi connectivity index (χ4n) is 2.44. The van der Waals surface area contributed by atoms with E-state index in [4.69, 9.17) is 0 Å². The van der Waals surface area contributed by atoms with E-state index in [0.29, 0.717) is 12.1 Å². The van der Waals surface area contributed by atoms with Gasteiger partial charge in [0.25, 0.3) is 0 Å². The van der Waals surface area contributed by atoms with Crippen LogP contribution in [-0.2, 0) is 6.54 Å². The highest BCUT2D eigenvalue weighted by Crippen LogP contribution is 2.13. The van der Waals surface area contributed by atoms with Crippen LogP contribution in [0.2, 0.25) is 0 Å². The van der Waals surface area contributed by atoms with Crippen LogP contribution in [0.25, 0.3) is 0 Å². The molecule has 1 saturated heterocycles. The minimum Gasteiger partial charge on any atom is -0.315 e. The van der Waals surface area contributed by atoms with Gasteiger partial charge < -0.3 is 10.3 Å². The van der Waals surface area contributed by atoms with Gasteiger partial charge in [-0.15, -0.1) is 0 Å². The number of thiazole rings is 1. The minimum atomic E-state index is 0.0499. The molecule has 0 radical (unpaired) electrons. The standard InChI is InChI=1S/C12H21N3OS/c1-9(2)13-10-4-3-5-15(6-10)7-11-8-17-12(16)14-11/h8-10,13H,3-7H2,1-2H3,(H,14,16). The summed E-state index contributed by atoms with van der Waals surface area (Å²) in [6.07, 6.45) is 2.49. The number of hydrogen-bond acceptors (Lipinski definition) is 4. The van der Waals surface area contributed by atoms with Gasteiger partial charge in [0.2, 0.25) is 0 Å². The Hall–Kier alpha value is -0.650. The second-order valence-corrected chi connectivity index (χ2v) is 5.91. The number of hydrogen-bond donors (Lipinski definition) is 2. The van der Waals surface area contributed by atoms with Crippen molar-refractivity contribution in [2.45, 2.75) is 45.3 Å². The van der Waals surface area contributed by atoms with Crippen molar-refractivity contribution in [1.29, 1.82) is 0 Å². The maximum atomic E-state index is 11.1. The third-order valence-corrected chi connectivity index (χ3v) is 3.76. The molecule has 1 unspecified atom stereocenters. The lowest BCUT2D eigenvalue weighted by Crippen LogP contribution is -2.47. The van der Waals surface area contributed by atoms with Gasteiger partial charge in [-0.25, -0.2) is 0 Å². The van der Waals surface area contributed by atoms with Crippen molar-refractivity contribution in [1.82, 2.24) is 15.2 Å². The summed E-state index contributed by atoms with van der Waals surface area (Å²) >= 11 is 1.25. The Morgan fingerprint density at radius 3 is 3.12 bits per heavy atom. The van der Waals surface area contributed by atoms with Gasteiger partial charge >= 0.3 is 4.87 Å². The predicted octanol–water partition coefficient (Wildman–Crippen LogP) is 1.40. The lowest BCUT2D eigenvalue weighted by Gasteiger charge is -2.33. The van der Waals surface area contributed by atoms with E-state index in [1.165, 1.54) is 24.2 Å². The first-order valence-corrected chi connectivity index (χ1v) is 7.16. The third-order valence-electron chi connectivity index (χ3n) is 3.04. The SMILES string of the molecule is CC(C)NC1CCCN(Cc2csc(=O)[nH]2)C1. The molecule has 4 nitrogen and oxygen atoms in total. The molecule has 5 heteroatoms. The summed E-state index contributed by atoms with van der Waals surface area (Å²) < 4.78 is 0. The monoisotopic (exact) mass is 255 g/mol. The van der Waals surface area contributed by atoms with Gasteiger partial charge in [0.05, 0.1) is 0 Å². The van der Waals surface area contributed by atoms with Crippen LogP contribution in [0, 0.1) is 0 Å². The molecular formula is C12H21N3OS. The van der Waals surface area contributed by atoms with Crippen LogP contribution in [0.3, 0.4) is 0 Å². The van der Waals surface area contributed by atoms with Crippen LogP contribution < -0.4 is 10.2 Å². The van der Waals surface area contributed by atoms with Crippen molar-refractivity contribution in [3.05, 3.63) is 20.7 Å². The summed E-state index contributed by atoms with van der Waals surface area (Å²) in [6.45, 7) is 7.46. The first-order chi connectivity index (χ1) is 8.13. The maximum absolute atomic E-state index is 11.1. The molecule has 0 aliphatic carbocycles. The molecule has 1 aromatic heterocycles. The zero-order chi connectivity index (χ0) is 12.3. The number of aromatic nitrogens is 1. The molecule has 0 bridgehead atoms. The minimum absolute atomic E-state index is 0.0499. The molecule has 2 N–H and O–H groups in total. The van der Waals surface area contributed by atoms with E-state index >= 15 is 0 Å². The molecule has 1 atom stereocenters. The van der Waals surface area contributed by atoms with E-state index in [0.717, 1.165) is 25.3 Å². The highest BCUT2D eigenvalue weighted by Gasteiger charge is 2.20. The molecular weight excluding hydrogens is 234 g/mol. The molecule has 1 fully saturated rings. The highest BCUT2D eigenvalue weighted by atomic mass is 32.1. The third kappa shape index (κ3) is 3.94. The van der Waals surface area contributed by atoms with Crippen molar-refractivity contribution in [3.63, 3.8) is 0 Å². The van der Waals surface area contributed by atoms with Crippen LogP contribution in [0.4, 0.5) is 0 Å². The summed E-state index contributed by atoms with van der Waals surface area (Å²) in [5, 5.41) is 5.52. The van der Waals surface area contributed by atoms with Gasteiger partial charge in [-0.05, 0) is 19.4 Å². The quantitative estimate of drug-likeness (QED) is 0.855. The normalized spacial score (nSPS) is 22.2. The molecule has 1 aliphatic rings. The van der Waals surface area contributed by atoms with E-state index < -0.39 is 0 Å². The molecule has 2 rings (SSSR count). The molecule has 96 valence electrons. The Balaban J connectivity index is 1.87. The van der Waals surface area contributed by atoms with Crippen molar-refractivity contribution >= 4 is 11.3 Å². The molecule has 0 amide bonds. The van der Waals surface area contributed by atoms with Crippen molar-refractivity contribution in [2.24, 2.45) is 0 Å². The molecule has 17 heavy (non-hydrogen) atoms. The second-order valence-electron chi connectivity index (χ2n) is 5.07. The Morgan fingerprint density at radius 2 is 2.47 bits per heavy atom. The highest BCUT2D eigenvalue weighted by molar-refractivity contribution is 7.07. The Labute approximate surface area is 106 Å². The summed E-state index contributed by atoms with van der Waals surface area (Å²) in [6, 6.07) is 1.13. The van der Waals surface area contributed by atoms with E-state index in [-0.39, 0.29) is 4.87 Å². The lowest BCUT2D eigenvalue weighted by atomic mass is 10.0. The lowest BCUT2D eigenvalue weighted by molar-refractivity contribution is 0.177. The summed E-state index contributed by atoms with van der Waals surface area (Å²) in [5.41, 5.74) is 1.05. The number of aromatic amines is 1. The number of nitrogens with zero attached hydrogens (tertiary/aromatic N) is 1. The zero-order valence-electron chi connectivity index (χ0n) is 10.5. The van der Waals surface area contributed by atoms with Gasteiger partial charge in [0, 0.05) is 36.2 Å². The first kappa shape index (κ1) is 12.8. The summed E-state index contributed by atoms with van der Waals surface area (Å²) in [5.74, 6) is 0. The Kier molecular flexibility index (Phi) is 4.36. The van der Waals surface area contributed by atoms with Crippen LogP contribution in [0.1, 0.15) is 32.4 Å². The topological polar surface area (TPSA) is 48.1 Å². The number of H-pyrrole nitrogens is 1. The molecule has 0 saturated carbocycles. The molecule has 1 aromatic rings. The average molecular weight is 255 g/mol. The average Bonchev–Trinajstić information content (AvgIpc) is 2.63. The smallest absolute Gasteiger partial charge is 0.304 e. The van der Waals surface area contributed by atoms with E-state index in [2.05, 4.69) is 29.0 Å². The Morgan fingerprint density at radius 1 is 1.65 bits per heavy atom. The van der Waals surface area contributed by atoms with Gasteiger partial charge in [-0.1, -0.05) is 25.2 Å². The molecule has 0 aromatic carbocycles. The van der Waals surface area contributed by atoms with Crippen LogP contribution in [-0.4, -0.2) is 35.1 Å². The van der Waals surface area contributed by atoms with Crippen molar-refractivity contribution in [2.75, 3.05) is 13.1 Å². The molecule has 2 heterocycles. The van der Waals surface area contributed by atoms with Gasteiger partial charge in [0.1, 0.15) is 0 Å². The van der Waals surface area contributed by atoms with E-state index in [9.17, 15) is 4.79 Å².